The maximum atomic E-state index is 12.9. The van der Waals surface area contributed by atoms with Gasteiger partial charge in [-0.15, -0.1) is 0 Å². The number of nitro groups is 1. The average molecular weight is 481 g/mol. The fraction of sp³-hybridized carbons (Fsp3) is 0.360. The number of furan rings is 1. The van der Waals surface area contributed by atoms with E-state index >= 15 is 0 Å². The lowest BCUT2D eigenvalue weighted by molar-refractivity contribution is -0.384. The van der Waals surface area contributed by atoms with E-state index in [1.54, 1.807) is 24.0 Å². The first-order chi connectivity index (χ1) is 16.8. The summed E-state index contributed by atoms with van der Waals surface area (Å²) in [6, 6.07) is 11.4. The molecule has 0 aliphatic carbocycles. The van der Waals surface area contributed by atoms with Gasteiger partial charge in [-0.25, -0.2) is 0 Å². The Morgan fingerprint density at radius 2 is 1.91 bits per heavy atom. The van der Waals surface area contributed by atoms with Crippen LogP contribution < -0.4 is 15.0 Å². The van der Waals surface area contributed by atoms with Crippen LogP contribution in [0, 0.1) is 10.1 Å². The zero-order chi connectivity index (χ0) is 25.1. The number of nitro benzene ring substituents is 1. The van der Waals surface area contributed by atoms with Gasteiger partial charge in [-0.3, -0.25) is 19.7 Å². The summed E-state index contributed by atoms with van der Waals surface area (Å²) in [5.41, 5.74) is 1.08. The van der Waals surface area contributed by atoms with Gasteiger partial charge >= 0.3 is 0 Å². The van der Waals surface area contributed by atoms with Gasteiger partial charge in [-0.1, -0.05) is 12.1 Å². The molecule has 0 saturated carbocycles. The van der Waals surface area contributed by atoms with E-state index in [4.69, 9.17) is 9.15 Å². The molecule has 1 aromatic heterocycles. The number of rotatable bonds is 7. The number of para-hydroxylation sites is 1. The van der Waals surface area contributed by atoms with Gasteiger partial charge in [-0.05, 0) is 38.1 Å². The van der Waals surface area contributed by atoms with Gasteiger partial charge in [0.1, 0.15) is 11.4 Å². The Kier molecular flexibility index (Phi) is 6.90. The molecule has 1 aliphatic heterocycles. The van der Waals surface area contributed by atoms with Crippen LogP contribution in [0.1, 0.15) is 42.9 Å². The van der Waals surface area contributed by atoms with Crippen molar-refractivity contribution in [2.24, 2.45) is 0 Å². The van der Waals surface area contributed by atoms with Gasteiger partial charge in [0.15, 0.2) is 11.3 Å². The molecule has 0 spiro atoms. The monoisotopic (exact) mass is 480 g/mol. The summed E-state index contributed by atoms with van der Waals surface area (Å²) in [7, 11) is 0. The Morgan fingerprint density at radius 1 is 1.17 bits per heavy atom. The number of carbonyl (C=O) groups excluding carboxylic acids is 2. The summed E-state index contributed by atoms with van der Waals surface area (Å²) >= 11 is 0. The normalized spacial score (nSPS) is 14.6. The summed E-state index contributed by atoms with van der Waals surface area (Å²) in [5, 5.41) is 15.5. The lowest BCUT2D eigenvalue weighted by atomic mass is 10.1. The minimum Gasteiger partial charge on any atom is -0.490 e. The van der Waals surface area contributed by atoms with Crippen LogP contribution in [0.5, 0.6) is 5.75 Å². The van der Waals surface area contributed by atoms with Gasteiger partial charge in [0, 0.05) is 50.1 Å². The molecule has 2 amide bonds. The van der Waals surface area contributed by atoms with E-state index in [1.807, 2.05) is 36.1 Å². The molecule has 35 heavy (non-hydrogen) atoms. The zero-order valence-corrected chi connectivity index (χ0v) is 19.9. The van der Waals surface area contributed by atoms with Gasteiger partial charge in [0.25, 0.3) is 11.6 Å². The second-order valence-electron chi connectivity index (χ2n) is 8.41. The molecule has 1 unspecified atom stereocenters. The van der Waals surface area contributed by atoms with E-state index < -0.39 is 16.9 Å². The number of hydrogen-bond donors (Lipinski definition) is 1. The predicted octanol–water partition coefficient (Wildman–Crippen LogP) is 3.90. The Balaban J connectivity index is 1.51. The number of carbonyl (C=O) groups is 2. The lowest BCUT2D eigenvalue weighted by Crippen LogP contribution is -2.48. The number of nitrogens with zero attached hydrogens (tertiary/aromatic N) is 3. The van der Waals surface area contributed by atoms with Crippen molar-refractivity contribution >= 4 is 34.2 Å². The summed E-state index contributed by atoms with van der Waals surface area (Å²) in [6.45, 7) is 7.65. The SMILES string of the molecule is CCOc1cccc2cc(C(C)NC(=O)c3ccc(N4CCN(C(C)=O)CC4)c([N+](=O)[O-])c3)oc12. The van der Waals surface area contributed by atoms with Gasteiger partial charge in [0.05, 0.1) is 17.6 Å². The average Bonchev–Trinajstić information content (AvgIpc) is 3.29. The topological polar surface area (TPSA) is 118 Å². The highest BCUT2D eigenvalue weighted by Crippen LogP contribution is 2.32. The Labute approximate surface area is 202 Å². The van der Waals surface area contributed by atoms with Crippen molar-refractivity contribution in [1.29, 1.82) is 0 Å². The molecule has 1 aliphatic rings. The number of ether oxygens (including phenoxy) is 1. The van der Waals surface area contributed by atoms with Crippen LogP contribution in [-0.2, 0) is 4.79 Å². The molecule has 4 rings (SSSR count). The quantitative estimate of drug-likeness (QED) is 0.402. The first-order valence-electron chi connectivity index (χ1n) is 11.5. The summed E-state index contributed by atoms with van der Waals surface area (Å²) < 4.78 is 11.6. The molecule has 184 valence electrons. The van der Waals surface area contributed by atoms with E-state index in [9.17, 15) is 19.7 Å². The van der Waals surface area contributed by atoms with Crippen LogP contribution in [0.4, 0.5) is 11.4 Å². The fourth-order valence-corrected chi connectivity index (χ4v) is 4.23. The van der Waals surface area contributed by atoms with Gasteiger partial charge in [0.2, 0.25) is 5.91 Å². The summed E-state index contributed by atoms with van der Waals surface area (Å²) in [4.78, 5) is 39.4. The summed E-state index contributed by atoms with van der Waals surface area (Å²) in [6.07, 6.45) is 0. The van der Waals surface area contributed by atoms with Crippen molar-refractivity contribution in [2.75, 3.05) is 37.7 Å². The molecule has 1 saturated heterocycles. The van der Waals surface area contributed by atoms with Crippen LogP contribution in [0.25, 0.3) is 11.0 Å². The lowest BCUT2D eigenvalue weighted by Gasteiger charge is -2.35. The fourth-order valence-electron chi connectivity index (χ4n) is 4.23. The first kappa shape index (κ1) is 24.1. The largest absolute Gasteiger partial charge is 0.490 e. The molecular formula is C25H28N4O6. The van der Waals surface area contributed by atoms with Crippen LogP contribution in [0.3, 0.4) is 0 Å². The molecule has 10 heteroatoms. The molecule has 1 atom stereocenters. The third-order valence-electron chi connectivity index (χ3n) is 6.10. The third kappa shape index (κ3) is 5.06. The van der Waals surface area contributed by atoms with E-state index in [1.165, 1.54) is 13.0 Å². The highest BCUT2D eigenvalue weighted by molar-refractivity contribution is 5.96. The Morgan fingerprint density at radius 3 is 2.57 bits per heavy atom. The van der Waals surface area contributed by atoms with E-state index in [0.29, 0.717) is 55.6 Å². The number of benzene rings is 2. The molecule has 1 fully saturated rings. The van der Waals surface area contributed by atoms with Crippen molar-refractivity contribution in [1.82, 2.24) is 10.2 Å². The predicted molar refractivity (Wildman–Crippen MR) is 131 cm³/mol. The smallest absolute Gasteiger partial charge is 0.293 e. The maximum absolute atomic E-state index is 12.9. The molecule has 0 radical (unpaired) electrons. The minimum absolute atomic E-state index is 0.0149. The van der Waals surface area contributed by atoms with E-state index in [-0.39, 0.29) is 17.2 Å². The molecule has 10 nitrogen and oxygen atoms in total. The van der Waals surface area contributed by atoms with Crippen molar-refractivity contribution in [2.45, 2.75) is 26.8 Å². The molecule has 2 aromatic carbocycles. The van der Waals surface area contributed by atoms with Gasteiger partial charge < -0.3 is 24.3 Å². The highest BCUT2D eigenvalue weighted by Gasteiger charge is 2.26. The van der Waals surface area contributed by atoms with Crippen molar-refractivity contribution < 1.29 is 23.7 Å². The molecule has 0 bridgehead atoms. The highest BCUT2D eigenvalue weighted by atomic mass is 16.6. The third-order valence-corrected chi connectivity index (χ3v) is 6.10. The molecular weight excluding hydrogens is 452 g/mol. The number of hydrogen-bond acceptors (Lipinski definition) is 7. The van der Waals surface area contributed by atoms with Crippen LogP contribution in [-0.4, -0.2) is 54.4 Å². The molecule has 3 aromatic rings. The zero-order valence-electron chi connectivity index (χ0n) is 19.9. The Hall–Kier alpha value is -4.08. The Bertz CT molecular complexity index is 1260. The van der Waals surface area contributed by atoms with Gasteiger partial charge in [-0.2, -0.15) is 0 Å². The molecule has 2 heterocycles. The first-order valence-corrected chi connectivity index (χ1v) is 11.5. The van der Waals surface area contributed by atoms with E-state index in [0.717, 1.165) is 5.39 Å². The standard InChI is InChI=1S/C25H28N4O6/c1-4-34-22-7-5-6-18-15-23(35-24(18)22)16(2)26-25(31)19-8-9-20(21(14-19)29(32)33)28-12-10-27(11-13-28)17(3)30/h5-9,14-16H,4,10-13H2,1-3H3,(H,26,31). The van der Waals surface area contributed by atoms with Crippen molar-refractivity contribution in [3.63, 3.8) is 0 Å². The number of nitrogens with one attached hydrogen (secondary N) is 1. The maximum Gasteiger partial charge on any atom is 0.293 e. The number of piperazine rings is 1. The second kappa shape index (κ2) is 10.0. The summed E-state index contributed by atoms with van der Waals surface area (Å²) in [5.74, 6) is 0.720. The number of amides is 2. The van der Waals surface area contributed by atoms with Crippen LogP contribution >= 0.6 is 0 Å². The minimum atomic E-state index is -0.485. The van der Waals surface area contributed by atoms with Crippen LogP contribution in [0.15, 0.2) is 46.9 Å². The van der Waals surface area contributed by atoms with E-state index in [2.05, 4.69) is 5.32 Å². The van der Waals surface area contributed by atoms with Crippen LogP contribution in [0.2, 0.25) is 0 Å². The molecule has 1 N–H and O–H groups in total. The van der Waals surface area contributed by atoms with Crippen molar-refractivity contribution in [3.8, 4) is 5.75 Å². The number of fused-ring (bicyclic) bond motifs is 1. The second-order valence-corrected chi connectivity index (χ2v) is 8.41. The van der Waals surface area contributed by atoms with Crippen molar-refractivity contribution in [3.05, 3.63) is 63.9 Å². The number of anilines is 1.